The average Bonchev–Trinajstić information content (AvgIpc) is 2.98. The van der Waals surface area contributed by atoms with E-state index >= 15 is 0 Å². The zero-order valence-electron chi connectivity index (χ0n) is 24.1. The van der Waals surface area contributed by atoms with Crippen LogP contribution in [0.5, 0.6) is 5.75 Å². The highest BCUT2D eigenvalue weighted by Gasteiger charge is 1.98. The minimum atomic E-state index is -0.995. The molecular formula is C28H48O13. The first kappa shape index (κ1) is 37.1. The van der Waals surface area contributed by atoms with Crippen LogP contribution in [0.1, 0.15) is 0 Å². The number of rotatable bonds is 33. The lowest BCUT2D eigenvalue weighted by Crippen LogP contribution is -2.15. The van der Waals surface area contributed by atoms with Gasteiger partial charge in [-0.2, -0.15) is 0 Å². The van der Waals surface area contributed by atoms with E-state index in [1.807, 2.05) is 30.3 Å². The van der Waals surface area contributed by atoms with E-state index in [9.17, 15) is 4.79 Å². The van der Waals surface area contributed by atoms with Gasteiger partial charge < -0.3 is 57.2 Å². The molecule has 0 aliphatic rings. The lowest BCUT2D eigenvalue weighted by molar-refractivity contribution is -0.142. The molecule has 0 bridgehead atoms. The molecule has 0 saturated carbocycles. The van der Waals surface area contributed by atoms with Crippen LogP contribution in [0, 0.1) is 0 Å². The number of hydrogen-bond donors (Lipinski definition) is 1. The minimum Gasteiger partial charge on any atom is -0.491 e. The van der Waals surface area contributed by atoms with Gasteiger partial charge in [0, 0.05) is 0 Å². The molecule has 0 spiro atoms. The highest BCUT2D eigenvalue weighted by molar-refractivity contribution is 5.67. The van der Waals surface area contributed by atoms with Crippen molar-refractivity contribution in [2.45, 2.75) is 0 Å². The van der Waals surface area contributed by atoms with E-state index in [0.29, 0.717) is 126 Å². The number of ether oxygens (including phenoxy) is 11. The number of aliphatic carboxylic acids is 1. The molecule has 0 unspecified atom stereocenters. The van der Waals surface area contributed by atoms with E-state index in [0.717, 1.165) is 5.75 Å². The molecule has 1 rings (SSSR count). The fraction of sp³-hybridized carbons (Fsp3) is 0.750. The molecule has 0 fully saturated rings. The van der Waals surface area contributed by atoms with Crippen LogP contribution in [0.15, 0.2) is 30.3 Å². The Bertz CT molecular complexity index is 666. The maximum atomic E-state index is 10.3. The maximum Gasteiger partial charge on any atom is 0.329 e. The molecule has 0 aliphatic carbocycles. The maximum absolute atomic E-state index is 10.3. The van der Waals surface area contributed by atoms with Crippen LogP contribution in [0.3, 0.4) is 0 Å². The summed E-state index contributed by atoms with van der Waals surface area (Å²) in [6, 6.07) is 9.64. The molecule has 0 atom stereocenters. The number of benzene rings is 1. The second-order valence-corrected chi connectivity index (χ2v) is 8.12. The summed E-state index contributed by atoms with van der Waals surface area (Å²) in [6.45, 7) is 9.07. The number of para-hydroxylation sites is 1. The molecule has 0 amide bonds. The van der Waals surface area contributed by atoms with Crippen molar-refractivity contribution >= 4 is 5.97 Å². The van der Waals surface area contributed by atoms with Gasteiger partial charge in [-0.15, -0.1) is 0 Å². The van der Waals surface area contributed by atoms with Crippen molar-refractivity contribution in [3.63, 3.8) is 0 Å². The van der Waals surface area contributed by atoms with Crippen LogP contribution in [0.25, 0.3) is 0 Å². The van der Waals surface area contributed by atoms with Crippen molar-refractivity contribution in [2.75, 3.05) is 139 Å². The van der Waals surface area contributed by atoms with Crippen molar-refractivity contribution in [1.82, 2.24) is 0 Å². The Kier molecular flexibility index (Phi) is 28.1. The summed E-state index contributed by atoms with van der Waals surface area (Å²) in [5, 5.41) is 8.41. The summed E-state index contributed by atoms with van der Waals surface area (Å²) < 4.78 is 59.1. The number of carboxylic acid groups (broad SMARTS) is 1. The topological polar surface area (TPSA) is 139 Å². The van der Waals surface area contributed by atoms with Gasteiger partial charge in [0.2, 0.25) is 0 Å². The fourth-order valence-electron chi connectivity index (χ4n) is 2.87. The van der Waals surface area contributed by atoms with Gasteiger partial charge in [0.05, 0.1) is 126 Å². The lowest BCUT2D eigenvalue weighted by atomic mass is 10.3. The van der Waals surface area contributed by atoms with Gasteiger partial charge in [0.1, 0.15) is 19.0 Å². The van der Waals surface area contributed by atoms with Gasteiger partial charge in [-0.05, 0) is 12.1 Å². The predicted octanol–water partition coefficient (Wildman–Crippen LogP) is 1.32. The Balaban J connectivity index is 1.62. The first-order valence-corrected chi connectivity index (χ1v) is 14.0. The van der Waals surface area contributed by atoms with E-state index in [2.05, 4.69) is 0 Å². The zero-order valence-corrected chi connectivity index (χ0v) is 24.1. The highest BCUT2D eigenvalue weighted by Crippen LogP contribution is 2.07. The number of hydrogen-bond acceptors (Lipinski definition) is 12. The molecule has 238 valence electrons. The second-order valence-electron chi connectivity index (χ2n) is 8.12. The summed E-state index contributed by atoms with van der Waals surface area (Å²) in [6.07, 6.45) is 0. The van der Waals surface area contributed by atoms with E-state index in [4.69, 9.17) is 57.2 Å². The Labute approximate surface area is 243 Å². The summed E-state index contributed by atoms with van der Waals surface area (Å²) in [7, 11) is 0. The van der Waals surface area contributed by atoms with Crippen molar-refractivity contribution in [3.8, 4) is 5.75 Å². The Morgan fingerprint density at radius 1 is 0.415 bits per heavy atom. The van der Waals surface area contributed by atoms with Crippen LogP contribution < -0.4 is 4.74 Å². The number of carboxylic acids is 1. The molecule has 1 aromatic carbocycles. The molecule has 41 heavy (non-hydrogen) atoms. The standard InChI is InChI=1S/C28H48O13/c29-28(30)26-40-23-22-38-19-18-36-15-14-34-11-10-32-7-6-31-8-9-33-12-13-35-16-17-37-20-21-39-24-25-41-27-4-2-1-3-5-27/h1-5H,6-26H2,(H,29,30). The first-order chi connectivity index (χ1) is 20.3. The molecule has 0 radical (unpaired) electrons. The molecule has 0 heterocycles. The van der Waals surface area contributed by atoms with Crippen molar-refractivity contribution < 1.29 is 62.0 Å². The smallest absolute Gasteiger partial charge is 0.329 e. The average molecular weight is 593 g/mol. The Morgan fingerprint density at radius 3 is 0.976 bits per heavy atom. The largest absolute Gasteiger partial charge is 0.491 e. The first-order valence-electron chi connectivity index (χ1n) is 14.0. The van der Waals surface area contributed by atoms with Crippen LogP contribution in [0.2, 0.25) is 0 Å². The van der Waals surface area contributed by atoms with Crippen LogP contribution in [-0.4, -0.2) is 150 Å². The van der Waals surface area contributed by atoms with E-state index in [1.54, 1.807) is 0 Å². The molecule has 13 heteroatoms. The predicted molar refractivity (Wildman–Crippen MR) is 148 cm³/mol. The van der Waals surface area contributed by atoms with Crippen LogP contribution in [0.4, 0.5) is 0 Å². The zero-order chi connectivity index (χ0) is 29.3. The normalized spacial score (nSPS) is 11.2. The highest BCUT2D eigenvalue weighted by atomic mass is 16.6. The van der Waals surface area contributed by atoms with Gasteiger partial charge in [-0.1, -0.05) is 18.2 Å². The van der Waals surface area contributed by atoms with Gasteiger partial charge in [-0.25, -0.2) is 4.79 Å². The van der Waals surface area contributed by atoms with Gasteiger partial charge in [0.25, 0.3) is 0 Å². The molecule has 1 aromatic rings. The monoisotopic (exact) mass is 592 g/mol. The Morgan fingerprint density at radius 2 is 0.683 bits per heavy atom. The van der Waals surface area contributed by atoms with Crippen molar-refractivity contribution in [3.05, 3.63) is 30.3 Å². The Hall–Kier alpha value is -1.91. The third-order valence-electron chi connectivity index (χ3n) is 4.81. The van der Waals surface area contributed by atoms with Gasteiger partial charge in [-0.3, -0.25) is 0 Å². The molecule has 0 saturated heterocycles. The van der Waals surface area contributed by atoms with Gasteiger partial charge in [0.15, 0.2) is 0 Å². The minimum absolute atomic E-state index is 0.243. The summed E-state index contributed by atoms with van der Waals surface area (Å²) >= 11 is 0. The molecule has 0 aliphatic heterocycles. The summed E-state index contributed by atoms with van der Waals surface area (Å²) in [5.41, 5.74) is 0. The van der Waals surface area contributed by atoms with E-state index in [1.165, 1.54) is 0 Å². The van der Waals surface area contributed by atoms with Crippen LogP contribution in [-0.2, 0) is 52.2 Å². The fourth-order valence-corrected chi connectivity index (χ4v) is 2.87. The lowest BCUT2D eigenvalue weighted by Gasteiger charge is -2.09. The summed E-state index contributed by atoms with van der Waals surface area (Å²) in [4.78, 5) is 10.3. The molecular weight excluding hydrogens is 544 g/mol. The second kappa shape index (κ2) is 31.0. The van der Waals surface area contributed by atoms with Gasteiger partial charge >= 0.3 is 5.97 Å². The van der Waals surface area contributed by atoms with Crippen molar-refractivity contribution in [1.29, 1.82) is 0 Å². The van der Waals surface area contributed by atoms with E-state index in [-0.39, 0.29) is 13.2 Å². The third-order valence-corrected chi connectivity index (χ3v) is 4.81. The van der Waals surface area contributed by atoms with Crippen LogP contribution >= 0.6 is 0 Å². The molecule has 13 nitrogen and oxygen atoms in total. The summed E-state index contributed by atoms with van der Waals surface area (Å²) in [5.74, 6) is -0.156. The molecule has 1 N–H and O–H groups in total. The van der Waals surface area contributed by atoms with E-state index < -0.39 is 5.97 Å². The third kappa shape index (κ3) is 29.4. The van der Waals surface area contributed by atoms with Crippen molar-refractivity contribution in [2.24, 2.45) is 0 Å². The quantitative estimate of drug-likeness (QED) is 0.118. The SMILES string of the molecule is O=C(O)COCCOCCOCCOCCOCCOCCOCCOCCOCCOCCOc1ccccc1. The molecule has 0 aromatic heterocycles. The number of carbonyl (C=O) groups is 1.